The normalized spacial score (nSPS) is 22.7. The molecule has 2 aliphatic heterocycles. The van der Waals surface area contributed by atoms with Crippen molar-refractivity contribution < 1.29 is 14.1 Å². The third kappa shape index (κ3) is 4.90. The number of hydrogen-bond donors (Lipinski definition) is 2. The molecule has 7 heteroatoms. The molecule has 2 fully saturated rings. The highest BCUT2D eigenvalue weighted by atomic mass is 16.5. The number of nitrogens with zero attached hydrogens (tertiary/aromatic N) is 2. The molecule has 2 saturated heterocycles. The van der Waals surface area contributed by atoms with Gasteiger partial charge in [-0.3, -0.25) is 9.59 Å². The van der Waals surface area contributed by atoms with E-state index in [2.05, 4.69) is 10.5 Å². The highest BCUT2D eigenvalue weighted by Crippen LogP contribution is 2.29. The molecule has 0 bridgehead atoms. The maximum absolute atomic E-state index is 12.9. The van der Waals surface area contributed by atoms with Gasteiger partial charge in [-0.2, -0.15) is 0 Å². The van der Waals surface area contributed by atoms with E-state index in [9.17, 15) is 9.59 Å². The number of hydrogen-bond acceptors (Lipinski definition) is 5. The molecule has 2 atom stereocenters. The van der Waals surface area contributed by atoms with Gasteiger partial charge in [0.15, 0.2) is 5.76 Å². The highest BCUT2D eigenvalue weighted by molar-refractivity contribution is 5.79. The van der Waals surface area contributed by atoms with Gasteiger partial charge in [0.2, 0.25) is 11.8 Å². The molecular formula is C23H30N4O3. The van der Waals surface area contributed by atoms with Gasteiger partial charge in [0, 0.05) is 37.1 Å². The van der Waals surface area contributed by atoms with Gasteiger partial charge in [-0.25, -0.2) is 0 Å². The van der Waals surface area contributed by atoms with Gasteiger partial charge in [-0.1, -0.05) is 35.5 Å². The zero-order valence-electron chi connectivity index (χ0n) is 17.3. The Morgan fingerprint density at radius 2 is 1.90 bits per heavy atom. The van der Waals surface area contributed by atoms with Gasteiger partial charge in [0.05, 0.1) is 5.69 Å². The van der Waals surface area contributed by atoms with Crippen molar-refractivity contribution in [2.45, 2.75) is 32.1 Å². The molecule has 0 aliphatic carbocycles. The lowest BCUT2D eigenvalue weighted by molar-refractivity contribution is -0.136. The molecule has 7 nitrogen and oxygen atoms in total. The average Bonchev–Trinajstić information content (AvgIpc) is 3.24. The third-order valence-corrected chi connectivity index (χ3v) is 6.54. The number of primary amides is 1. The minimum Gasteiger partial charge on any atom is -0.369 e. The number of nitrogens with two attached hydrogens (primary N) is 1. The Hall–Kier alpha value is -2.67. The second kappa shape index (κ2) is 9.43. The molecule has 3 N–H and O–H groups in total. The van der Waals surface area contributed by atoms with Crippen LogP contribution in [-0.4, -0.2) is 48.0 Å². The van der Waals surface area contributed by atoms with Crippen LogP contribution >= 0.6 is 0 Å². The maximum Gasteiger partial charge on any atom is 0.222 e. The van der Waals surface area contributed by atoms with E-state index in [0.717, 1.165) is 42.9 Å². The molecule has 160 valence electrons. The average molecular weight is 411 g/mol. The number of aromatic nitrogens is 1. The van der Waals surface area contributed by atoms with Gasteiger partial charge >= 0.3 is 0 Å². The summed E-state index contributed by atoms with van der Waals surface area (Å²) in [6.45, 7) is 3.08. The lowest BCUT2D eigenvalue weighted by Crippen LogP contribution is -2.44. The van der Waals surface area contributed by atoms with Crippen LogP contribution in [0.3, 0.4) is 0 Å². The van der Waals surface area contributed by atoms with E-state index in [-0.39, 0.29) is 17.7 Å². The number of benzene rings is 1. The van der Waals surface area contributed by atoms with Crippen molar-refractivity contribution in [3.63, 3.8) is 0 Å². The van der Waals surface area contributed by atoms with E-state index in [1.165, 1.54) is 0 Å². The summed E-state index contributed by atoms with van der Waals surface area (Å²) in [7, 11) is 0. The molecular weight excluding hydrogens is 380 g/mol. The van der Waals surface area contributed by atoms with Crippen LogP contribution in [0.5, 0.6) is 0 Å². The summed E-state index contributed by atoms with van der Waals surface area (Å²) in [6, 6.07) is 12.0. The van der Waals surface area contributed by atoms with Gasteiger partial charge in [0.1, 0.15) is 0 Å². The molecule has 30 heavy (non-hydrogen) atoms. The molecule has 4 rings (SSSR count). The first-order valence-corrected chi connectivity index (χ1v) is 10.9. The van der Waals surface area contributed by atoms with E-state index in [1.54, 1.807) is 0 Å². The molecule has 2 aliphatic rings. The Bertz CT molecular complexity index is 858. The number of carbonyl (C=O) groups is 2. The Kier molecular flexibility index (Phi) is 6.47. The first-order valence-electron chi connectivity index (χ1n) is 10.9. The first-order chi connectivity index (χ1) is 14.6. The molecule has 0 unspecified atom stereocenters. The second-order valence-corrected chi connectivity index (χ2v) is 8.53. The van der Waals surface area contributed by atoms with E-state index in [0.29, 0.717) is 44.2 Å². The zero-order chi connectivity index (χ0) is 20.9. The fraction of sp³-hybridized carbons (Fsp3) is 0.522. The summed E-state index contributed by atoms with van der Waals surface area (Å²) < 4.78 is 5.55. The third-order valence-electron chi connectivity index (χ3n) is 6.54. The minimum absolute atomic E-state index is 0.0911. The summed E-state index contributed by atoms with van der Waals surface area (Å²) in [6.07, 6.45) is 3.69. The summed E-state index contributed by atoms with van der Waals surface area (Å²) in [5, 5.41) is 7.73. The quantitative estimate of drug-likeness (QED) is 0.760. The summed E-state index contributed by atoms with van der Waals surface area (Å²) in [5.74, 6) is 1.30. The fourth-order valence-corrected chi connectivity index (χ4v) is 4.67. The molecule has 2 amide bonds. The molecule has 0 spiro atoms. The summed E-state index contributed by atoms with van der Waals surface area (Å²) in [4.78, 5) is 26.1. The smallest absolute Gasteiger partial charge is 0.222 e. The van der Waals surface area contributed by atoms with E-state index in [1.807, 2.05) is 41.3 Å². The van der Waals surface area contributed by atoms with Crippen LogP contribution in [0.15, 0.2) is 40.9 Å². The van der Waals surface area contributed by atoms with Crippen molar-refractivity contribution in [3.05, 3.63) is 42.1 Å². The summed E-state index contributed by atoms with van der Waals surface area (Å²) in [5.41, 5.74) is 7.36. The number of carbonyl (C=O) groups excluding carboxylic acids is 2. The van der Waals surface area contributed by atoms with Crippen LogP contribution in [0, 0.1) is 17.8 Å². The van der Waals surface area contributed by atoms with Crippen LogP contribution in [0.2, 0.25) is 0 Å². The SMILES string of the molecule is NC(=O)C1CCN(C(=O)C[C@@H]2CCNC[C@@H]2Cc2cc(-c3ccccc3)on2)CC1. The van der Waals surface area contributed by atoms with E-state index < -0.39 is 0 Å². The molecule has 2 aromatic rings. The lowest BCUT2D eigenvalue weighted by Gasteiger charge is -2.35. The van der Waals surface area contributed by atoms with Gasteiger partial charge < -0.3 is 20.5 Å². The van der Waals surface area contributed by atoms with Crippen molar-refractivity contribution >= 4 is 11.8 Å². The van der Waals surface area contributed by atoms with Crippen LogP contribution in [0.25, 0.3) is 11.3 Å². The minimum atomic E-state index is -0.247. The van der Waals surface area contributed by atoms with Gasteiger partial charge in [0.25, 0.3) is 0 Å². The van der Waals surface area contributed by atoms with Crippen molar-refractivity contribution in [2.24, 2.45) is 23.5 Å². The van der Waals surface area contributed by atoms with Crippen molar-refractivity contribution in [1.82, 2.24) is 15.4 Å². The fourth-order valence-electron chi connectivity index (χ4n) is 4.67. The van der Waals surface area contributed by atoms with Crippen molar-refractivity contribution in [1.29, 1.82) is 0 Å². The highest BCUT2D eigenvalue weighted by Gasteiger charge is 2.31. The van der Waals surface area contributed by atoms with Crippen LogP contribution < -0.4 is 11.1 Å². The largest absolute Gasteiger partial charge is 0.369 e. The number of piperidine rings is 2. The number of likely N-dealkylation sites (tertiary alicyclic amines) is 1. The molecule has 1 aromatic carbocycles. The standard InChI is InChI=1S/C23H30N4O3/c24-23(29)17-7-10-27(11-8-17)22(28)13-18-6-9-25-15-19(18)12-20-14-21(30-26-20)16-4-2-1-3-5-16/h1-5,14,17-19,25H,6-13,15H2,(H2,24,29)/t18-,19-/m0/s1. The number of amides is 2. The Morgan fingerprint density at radius 1 is 1.13 bits per heavy atom. The molecule has 1 aromatic heterocycles. The van der Waals surface area contributed by atoms with Crippen molar-refractivity contribution in [3.8, 4) is 11.3 Å². The van der Waals surface area contributed by atoms with Crippen LogP contribution in [0.1, 0.15) is 31.4 Å². The number of nitrogens with one attached hydrogen (secondary N) is 1. The van der Waals surface area contributed by atoms with Gasteiger partial charge in [-0.15, -0.1) is 0 Å². The van der Waals surface area contributed by atoms with Crippen LogP contribution in [-0.2, 0) is 16.0 Å². The second-order valence-electron chi connectivity index (χ2n) is 8.53. The molecule has 3 heterocycles. The van der Waals surface area contributed by atoms with Gasteiger partial charge in [-0.05, 0) is 50.6 Å². The van der Waals surface area contributed by atoms with E-state index >= 15 is 0 Å². The topological polar surface area (TPSA) is 101 Å². The summed E-state index contributed by atoms with van der Waals surface area (Å²) >= 11 is 0. The Balaban J connectivity index is 1.35. The number of rotatable bonds is 6. The lowest BCUT2D eigenvalue weighted by atomic mass is 9.80. The van der Waals surface area contributed by atoms with E-state index in [4.69, 9.17) is 10.3 Å². The Labute approximate surface area is 177 Å². The van der Waals surface area contributed by atoms with Crippen molar-refractivity contribution in [2.75, 3.05) is 26.2 Å². The molecule has 0 radical (unpaired) electrons. The predicted octanol–water partition coefficient (Wildman–Crippen LogP) is 2.22. The van der Waals surface area contributed by atoms with Crippen LogP contribution in [0.4, 0.5) is 0 Å². The predicted molar refractivity (Wildman–Crippen MR) is 113 cm³/mol. The first kappa shape index (κ1) is 20.6. The molecule has 0 saturated carbocycles. The zero-order valence-corrected chi connectivity index (χ0v) is 17.3. The Morgan fingerprint density at radius 3 is 2.63 bits per heavy atom. The maximum atomic E-state index is 12.9. The monoisotopic (exact) mass is 410 g/mol.